The van der Waals surface area contributed by atoms with Crippen LogP contribution in [0.4, 0.5) is 4.79 Å². The third-order valence-corrected chi connectivity index (χ3v) is 13.7. The van der Waals surface area contributed by atoms with Gasteiger partial charge < -0.3 is 18.9 Å². The van der Waals surface area contributed by atoms with E-state index >= 15 is 4.79 Å². The largest absolute Gasteiger partial charge is 0.497 e. The molecule has 2 aliphatic carbocycles. The average molecular weight is 746 g/mol. The Morgan fingerprint density at radius 1 is 0.943 bits per heavy atom. The second-order valence-electron chi connectivity index (χ2n) is 17.0. The van der Waals surface area contributed by atoms with Crippen molar-refractivity contribution in [3.05, 3.63) is 53.1 Å². The zero-order chi connectivity index (χ0) is 37.6. The van der Waals surface area contributed by atoms with E-state index in [-0.39, 0.29) is 35.6 Å². The molecule has 0 spiro atoms. The lowest BCUT2D eigenvalue weighted by molar-refractivity contribution is -0.141. The monoisotopic (exact) mass is 745 g/mol. The minimum Gasteiger partial charge on any atom is -0.497 e. The summed E-state index contributed by atoms with van der Waals surface area (Å²) in [7, 11) is 0.408. The van der Waals surface area contributed by atoms with Gasteiger partial charge in [-0.25, -0.2) is 9.52 Å². The zero-order valence-corrected chi connectivity index (χ0v) is 32.4. The molecule has 4 fully saturated rings. The molecular weight excluding hydrogens is 695 g/mol. The SMILES string of the molecule is COc1ccc2c(c1)C1CC1(C(=O)N1CC3CCC(C1)N3C(=O)OC(C)(C)C)Cn1c-2c(C2CCCCC2)c2ccc(C(=O)NS(=O)(=O)N(C)C)cc21. The summed E-state index contributed by atoms with van der Waals surface area (Å²) in [6.45, 7) is 6.97. The molecule has 2 saturated heterocycles. The van der Waals surface area contributed by atoms with E-state index < -0.39 is 27.1 Å². The quantitative estimate of drug-likeness (QED) is 0.328. The normalized spacial score (nSPS) is 25.4. The molecule has 8 rings (SSSR count). The van der Waals surface area contributed by atoms with Crippen LogP contribution in [0, 0.1) is 5.41 Å². The predicted molar refractivity (Wildman–Crippen MR) is 201 cm³/mol. The molecule has 3 aromatic rings. The maximum atomic E-state index is 15.1. The van der Waals surface area contributed by atoms with Crippen molar-refractivity contribution in [2.24, 2.45) is 5.41 Å². The Kier molecular flexibility index (Phi) is 8.64. The van der Waals surface area contributed by atoms with Gasteiger partial charge in [0.2, 0.25) is 5.91 Å². The highest BCUT2D eigenvalue weighted by Crippen LogP contribution is 2.66. The standard InChI is InChI=1S/C40H51N5O7S/c1-39(2,3)52-38(48)45-26-13-14-27(45)22-43(21-26)37(47)40-20-32(40)31-19-28(51-6)15-17-29(31)35-34(24-10-8-7-9-11-24)30-16-12-25(18-33(30)44(35)23-40)36(46)41-53(49,50)42(4)5/h12,15-19,24,26-27,32H,7-11,13-14,20-23H2,1-6H3,(H,41,46). The van der Waals surface area contributed by atoms with Crippen LogP contribution >= 0.6 is 0 Å². The summed E-state index contributed by atoms with van der Waals surface area (Å²) in [6, 6.07) is 11.5. The Bertz CT molecular complexity index is 2100. The van der Waals surface area contributed by atoms with E-state index in [0.717, 1.165) is 76.3 Å². The minimum atomic E-state index is -4.01. The molecule has 3 aliphatic heterocycles. The minimum absolute atomic E-state index is 0.0347. The Morgan fingerprint density at radius 2 is 1.64 bits per heavy atom. The van der Waals surface area contributed by atoms with Crippen molar-refractivity contribution in [1.82, 2.24) is 23.4 Å². The zero-order valence-electron chi connectivity index (χ0n) is 31.6. The third-order valence-electron chi connectivity index (χ3n) is 12.3. The first-order chi connectivity index (χ1) is 25.1. The first kappa shape index (κ1) is 35.9. The number of aromatic nitrogens is 1. The first-order valence-corrected chi connectivity index (χ1v) is 20.5. The molecule has 12 nitrogen and oxygen atoms in total. The van der Waals surface area contributed by atoms with Gasteiger partial charge in [0.25, 0.3) is 5.91 Å². The second-order valence-corrected chi connectivity index (χ2v) is 18.9. The first-order valence-electron chi connectivity index (χ1n) is 19.0. The van der Waals surface area contributed by atoms with Gasteiger partial charge in [0.05, 0.1) is 30.3 Å². The van der Waals surface area contributed by atoms with E-state index in [0.29, 0.717) is 32.0 Å². The second kappa shape index (κ2) is 12.8. The molecule has 0 radical (unpaired) electrons. The van der Waals surface area contributed by atoms with Gasteiger partial charge >= 0.3 is 16.3 Å². The van der Waals surface area contributed by atoms with Gasteiger partial charge in [-0.2, -0.15) is 12.7 Å². The summed E-state index contributed by atoms with van der Waals surface area (Å²) >= 11 is 0. The molecule has 2 saturated carbocycles. The van der Waals surface area contributed by atoms with Crippen LogP contribution in [-0.4, -0.2) is 97.0 Å². The van der Waals surface area contributed by atoms with Crippen molar-refractivity contribution in [2.75, 3.05) is 34.3 Å². The lowest BCUT2D eigenvalue weighted by atomic mass is 9.81. The topological polar surface area (TPSA) is 130 Å². The van der Waals surface area contributed by atoms with Gasteiger partial charge in [0, 0.05) is 61.7 Å². The van der Waals surface area contributed by atoms with Gasteiger partial charge in [-0.3, -0.25) is 14.5 Å². The van der Waals surface area contributed by atoms with Crippen LogP contribution in [0.3, 0.4) is 0 Å². The fourth-order valence-corrected chi connectivity index (χ4v) is 10.2. The number of hydrogen-bond donors (Lipinski definition) is 1. The number of likely N-dealkylation sites (tertiary alicyclic amines) is 1. The lowest BCUT2D eigenvalue weighted by Gasteiger charge is -2.42. The Morgan fingerprint density at radius 3 is 2.28 bits per heavy atom. The summed E-state index contributed by atoms with van der Waals surface area (Å²) in [5.41, 5.74) is 4.23. The molecule has 2 aromatic carbocycles. The molecule has 4 atom stereocenters. The fraction of sp³-hybridized carbons (Fsp3) is 0.575. The van der Waals surface area contributed by atoms with Gasteiger partial charge in [0.1, 0.15) is 11.4 Å². The van der Waals surface area contributed by atoms with Crippen LogP contribution in [0.2, 0.25) is 0 Å². The Hall–Kier alpha value is -4.10. The van der Waals surface area contributed by atoms with Gasteiger partial charge in [-0.05, 0) is 100 Å². The van der Waals surface area contributed by atoms with Crippen molar-refractivity contribution in [1.29, 1.82) is 0 Å². The maximum absolute atomic E-state index is 15.1. The maximum Gasteiger partial charge on any atom is 0.410 e. The van der Waals surface area contributed by atoms with Crippen molar-refractivity contribution in [3.8, 4) is 17.0 Å². The lowest BCUT2D eigenvalue weighted by Crippen LogP contribution is -2.59. The van der Waals surface area contributed by atoms with E-state index in [1.165, 1.54) is 26.1 Å². The highest BCUT2D eigenvalue weighted by atomic mass is 32.2. The number of fused-ring (bicyclic) bond motifs is 9. The van der Waals surface area contributed by atoms with Crippen LogP contribution in [0.1, 0.15) is 105 Å². The number of carbonyl (C=O) groups excluding carboxylic acids is 3. The Labute approximate surface area is 311 Å². The molecule has 3 amide bonds. The number of nitrogens with one attached hydrogen (secondary N) is 1. The highest BCUT2D eigenvalue weighted by Gasteiger charge is 2.64. The number of hydrogen-bond acceptors (Lipinski definition) is 7. The molecule has 284 valence electrons. The van der Waals surface area contributed by atoms with E-state index in [1.807, 2.05) is 42.7 Å². The number of amides is 3. The van der Waals surface area contributed by atoms with E-state index in [4.69, 9.17) is 9.47 Å². The number of carbonyl (C=O) groups is 3. The summed E-state index contributed by atoms with van der Waals surface area (Å²) in [6.07, 6.45) is 7.60. The van der Waals surface area contributed by atoms with Crippen LogP contribution in [-0.2, 0) is 26.3 Å². The van der Waals surface area contributed by atoms with E-state index in [2.05, 4.69) is 21.4 Å². The van der Waals surface area contributed by atoms with Gasteiger partial charge in [0.15, 0.2) is 0 Å². The summed E-state index contributed by atoms with van der Waals surface area (Å²) in [5, 5.41) is 1.03. The van der Waals surface area contributed by atoms with Crippen molar-refractivity contribution in [3.63, 3.8) is 0 Å². The molecular formula is C40H51N5O7S. The molecule has 1 N–H and O–H groups in total. The van der Waals surface area contributed by atoms with Crippen molar-refractivity contribution in [2.45, 2.75) is 108 Å². The van der Waals surface area contributed by atoms with E-state index in [1.54, 1.807) is 19.2 Å². The summed E-state index contributed by atoms with van der Waals surface area (Å²) in [5.74, 6) is 0.404. The number of rotatable bonds is 6. The summed E-state index contributed by atoms with van der Waals surface area (Å²) < 4.78 is 42.2. The van der Waals surface area contributed by atoms with Gasteiger partial charge in [-0.1, -0.05) is 25.3 Å². The number of methoxy groups -OCH3 is 1. The van der Waals surface area contributed by atoms with Crippen LogP contribution < -0.4 is 9.46 Å². The Balaban J connectivity index is 1.23. The van der Waals surface area contributed by atoms with Crippen LogP contribution in [0.5, 0.6) is 5.75 Å². The van der Waals surface area contributed by atoms with Gasteiger partial charge in [-0.15, -0.1) is 0 Å². The van der Waals surface area contributed by atoms with Crippen LogP contribution in [0.25, 0.3) is 22.2 Å². The molecule has 1 aromatic heterocycles. The number of benzene rings is 2. The van der Waals surface area contributed by atoms with Crippen molar-refractivity contribution < 1.29 is 32.3 Å². The molecule has 4 heterocycles. The number of piperazine rings is 1. The predicted octanol–water partition coefficient (Wildman–Crippen LogP) is 6.00. The molecule has 2 bridgehead atoms. The fourth-order valence-electron chi connectivity index (χ4n) is 9.69. The molecule has 13 heteroatoms. The van der Waals surface area contributed by atoms with Crippen molar-refractivity contribution >= 4 is 39.0 Å². The highest BCUT2D eigenvalue weighted by molar-refractivity contribution is 7.87. The van der Waals surface area contributed by atoms with Crippen LogP contribution in [0.15, 0.2) is 36.4 Å². The molecule has 4 unspecified atom stereocenters. The smallest absolute Gasteiger partial charge is 0.410 e. The molecule has 53 heavy (non-hydrogen) atoms. The van der Waals surface area contributed by atoms with E-state index in [9.17, 15) is 18.0 Å². The third kappa shape index (κ3) is 6.07. The number of nitrogens with zero attached hydrogens (tertiary/aromatic N) is 4. The average Bonchev–Trinajstić information content (AvgIpc) is 3.70. The summed E-state index contributed by atoms with van der Waals surface area (Å²) in [4.78, 5) is 45.7. The molecule has 5 aliphatic rings. The number of ether oxygens (including phenoxy) is 2.